The smallest absolute Gasteiger partial charge is 0.312 e. The zero-order valence-electron chi connectivity index (χ0n) is 10.4. The number of esters is 2. The van der Waals surface area contributed by atoms with Crippen molar-refractivity contribution in [3.8, 4) is 0 Å². The molecule has 0 heterocycles. The van der Waals surface area contributed by atoms with Crippen LogP contribution in [0.2, 0.25) is 0 Å². The van der Waals surface area contributed by atoms with Gasteiger partial charge in [-0.25, -0.2) is 0 Å². The van der Waals surface area contributed by atoms with Crippen LogP contribution < -0.4 is 0 Å². The Balaban J connectivity index is 2.85. The number of methoxy groups -OCH3 is 2. The minimum Gasteiger partial charge on any atom is -0.469 e. The lowest BCUT2D eigenvalue weighted by atomic mass is 9.75. The van der Waals surface area contributed by atoms with E-state index >= 15 is 0 Å². The molecule has 4 nitrogen and oxygen atoms in total. The first kappa shape index (κ1) is 13.0. The summed E-state index contributed by atoms with van der Waals surface area (Å²) in [6.07, 6.45) is 1.96. The van der Waals surface area contributed by atoms with Gasteiger partial charge in [-0.1, -0.05) is 13.8 Å². The van der Waals surface area contributed by atoms with Gasteiger partial charge in [0.2, 0.25) is 0 Å². The van der Waals surface area contributed by atoms with Gasteiger partial charge in [-0.05, 0) is 25.2 Å². The highest BCUT2D eigenvalue weighted by Gasteiger charge is 2.50. The summed E-state index contributed by atoms with van der Waals surface area (Å²) in [5, 5.41) is 0. The number of carbonyl (C=O) groups is 2. The van der Waals surface area contributed by atoms with Crippen molar-refractivity contribution in [2.24, 2.45) is 17.3 Å². The predicted molar refractivity (Wildman–Crippen MR) is 58.6 cm³/mol. The lowest BCUT2D eigenvalue weighted by molar-refractivity contribution is -0.156. The van der Waals surface area contributed by atoms with Crippen LogP contribution in [0, 0.1) is 17.3 Å². The van der Waals surface area contributed by atoms with E-state index < -0.39 is 5.41 Å². The summed E-state index contributed by atoms with van der Waals surface area (Å²) >= 11 is 0. The first-order valence-corrected chi connectivity index (χ1v) is 5.64. The molecule has 1 rings (SSSR count). The number of carbonyl (C=O) groups excluding carboxylic acids is 2. The van der Waals surface area contributed by atoms with Crippen molar-refractivity contribution in [3.05, 3.63) is 0 Å². The maximum Gasteiger partial charge on any atom is 0.312 e. The quantitative estimate of drug-likeness (QED) is 0.691. The van der Waals surface area contributed by atoms with E-state index in [0.717, 1.165) is 0 Å². The Morgan fingerprint density at radius 2 is 1.88 bits per heavy atom. The average molecular weight is 228 g/mol. The fourth-order valence-corrected chi connectivity index (χ4v) is 2.59. The SMILES string of the molecule is COC(=O)[C@@H]1CC[C@](C(=O)OC)(C(C)C)C1. The van der Waals surface area contributed by atoms with Gasteiger partial charge in [-0.15, -0.1) is 0 Å². The summed E-state index contributed by atoms with van der Waals surface area (Å²) < 4.78 is 9.60. The van der Waals surface area contributed by atoms with Crippen LogP contribution in [0.5, 0.6) is 0 Å². The van der Waals surface area contributed by atoms with Crippen molar-refractivity contribution in [2.75, 3.05) is 14.2 Å². The third kappa shape index (κ3) is 2.06. The highest BCUT2D eigenvalue weighted by molar-refractivity contribution is 5.80. The predicted octanol–water partition coefficient (Wildman–Crippen LogP) is 1.77. The van der Waals surface area contributed by atoms with Crippen molar-refractivity contribution in [1.29, 1.82) is 0 Å². The lowest BCUT2D eigenvalue weighted by Gasteiger charge is -2.30. The van der Waals surface area contributed by atoms with E-state index in [0.29, 0.717) is 19.3 Å². The highest BCUT2D eigenvalue weighted by atomic mass is 16.5. The molecular formula is C12H20O4. The van der Waals surface area contributed by atoms with Crippen LogP contribution in [0.15, 0.2) is 0 Å². The van der Waals surface area contributed by atoms with E-state index in [1.807, 2.05) is 13.8 Å². The van der Waals surface area contributed by atoms with Crippen LogP contribution in [-0.2, 0) is 19.1 Å². The van der Waals surface area contributed by atoms with Crippen LogP contribution in [0.4, 0.5) is 0 Å². The molecule has 0 saturated heterocycles. The molecule has 92 valence electrons. The van der Waals surface area contributed by atoms with Crippen molar-refractivity contribution >= 4 is 11.9 Å². The molecule has 0 aromatic heterocycles. The summed E-state index contributed by atoms with van der Waals surface area (Å²) in [5.41, 5.74) is -0.506. The molecule has 1 aliphatic rings. The van der Waals surface area contributed by atoms with Crippen LogP contribution >= 0.6 is 0 Å². The Morgan fingerprint density at radius 3 is 2.31 bits per heavy atom. The summed E-state index contributed by atoms with van der Waals surface area (Å²) in [6.45, 7) is 3.99. The molecule has 1 fully saturated rings. The Kier molecular flexibility index (Phi) is 3.94. The second kappa shape index (κ2) is 4.85. The number of hydrogen-bond donors (Lipinski definition) is 0. The first-order chi connectivity index (χ1) is 7.47. The summed E-state index contributed by atoms with van der Waals surface area (Å²) in [4.78, 5) is 23.3. The zero-order valence-corrected chi connectivity index (χ0v) is 10.4. The third-order valence-electron chi connectivity index (χ3n) is 3.78. The maximum atomic E-state index is 11.9. The van der Waals surface area contributed by atoms with Gasteiger partial charge < -0.3 is 9.47 Å². The molecule has 0 N–H and O–H groups in total. The van der Waals surface area contributed by atoms with Gasteiger partial charge in [-0.3, -0.25) is 9.59 Å². The summed E-state index contributed by atoms with van der Waals surface area (Å²) in [7, 11) is 2.79. The first-order valence-electron chi connectivity index (χ1n) is 5.64. The van der Waals surface area contributed by atoms with Crippen LogP contribution in [0.25, 0.3) is 0 Å². The van der Waals surface area contributed by atoms with Crippen molar-refractivity contribution < 1.29 is 19.1 Å². The fraction of sp³-hybridized carbons (Fsp3) is 0.833. The normalized spacial score (nSPS) is 29.2. The number of ether oxygens (including phenoxy) is 2. The van der Waals surface area contributed by atoms with Gasteiger partial charge in [0.15, 0.2) is 0 Å². The van der Waals surface area contributed by atoms with E-state index in [1.165, 1.54) is 14.2 Å². The van der Waals surface area contributed by atoms with E-state index in [4.69, 9.17) is 9.47 Å². The van der Waals surface area contributed by atoms with Crippen molar-refractivity contribution in [2.45, 2.75) is 33.1 Å². The second-order valence-electron chi connectivity index (χ2n) is 4.77. The third-order valence-corrected chi connectivity index (χ3v) is 3.78. The largest absolute Gasteiger partial charge is 0.469 e. The van der Waals surface area contributed by atoms with E-state index in [1.54, 1.807) is 0 Å². The fourth-order valence-electron chi connectivity index (χ4n) is 2.59. The molecule has 2 atom stereocenters. The van der Waals surface area contributed by atoms with E-state index in [2.05, 4.69) is 0 Å². The van der Waals surface area contributed by atoms with Gasteiger partial charge in [0.1, 0.15) is 0 Å². The monoisotopic (exact) mass is 228 g/mol. The minimum atomic E-state index is -0.506. The molecule has 0 aromatic rings. The number of rotatable bonds is 3. The Morgan fingerprint density at radius 1 is 1.25 bits per heavy atom. The molecule has 1 saturated carbocycles. The number of hydrogen-bond acceptors (Lipinski definition) is 4. The molecule has 4 heteroatoms. The molecule has 16 heavy (non-hydrogen) atoms. The minimum absolute atomic E-state index is 0.161. The van der Waals surface area contributed by atoms with Gasteiger partial charge >= 0.3 is 11.9 Å². The van der Waals surface area contributed by atoms with Crippen molar-refractivity contribution in [3.63, 3.8) is 0 Å². The van der Waals surface area contributed by atoms with Gasteiger partial charge in [0, 0.05) is 0 Å². The highest BCUT2D eigenvalue weighted by Crippen LogP contribution is 2.48. The molecule has 0 unspecified atom stereocenters. The molecule has 0 radical (unpaired) electrons. The lowest BCUT2D eigenvalue weighted by Crippen LogP contribution is -2.35. The van der Waals surface area contributed by atoms with Crippen LogP contribution in [0.3, 0.4) is 0 Å². The Hall–Kier alpha value is -1.06. The zero-order chi connectivity index (χ0) is 12.3. The van der Waals surface area contributed by atoms with E-state index in [9.17, 15) is 9.59 Å². The molecule has 0 aliphatic heterocycles. The maximum absolute atomic E-state index is 11.9. The molecule has 0 bridgehead atoms. The average Bonchev–Trinajstić information content (AvgIpc) is 2.73. The van der Waals surface area contributed by atoms with Crippen LogP contribution in [-0.4, -0.2) is 26.2 Å². The molecule has 0 amide bonds. The van der Waals surface area contributed by atoms with E-state index in [-0.39, 0.29) is 23.8 Å². The molecular weight excluding hydrogens is 208 g/mol. The van der Waals surface area contributed by atoms with Crippen molar-refractivity contribution in [1.82, 2.24) is 0 Å². The standard InChI is InChI=1S/C12H20O4/c1-8(2)12(11(14)16-4)6-5-9(7-12)10(13)15-3/h8-9H,5-7H2,1-4H3/t9-,12-/m1/s1. The van der Waals surface area contributed by atoms with Crippen LogP contribution in [0.1, 0.15) is 33.1 Å². The summed E-state index contributed by atoms with van der Waals surface area (Å²) in [6, 6.07) is 0. The molecule has 1 aliphatic carbocycles. The Labute approximate surface area is 96.3 Å². The van der Waals surface area contributed by atoms with Gasteiger partial charge in [-0.2, -0.15) is 0 Å². The Bertz CT molecular complexity index is 285. The molecule has 0 aromatic carbocycles. The van der Waals surface area contributed by atoms with Gasteiger partial charge in [0.25, 0.3) is 0 Å². The molecule has 0 spiro atoms. The topological polar surface area (TPSA) is 52.6 Å². The van der Waals surface area contributed by atoms with Gasteiger partial charge in [0.05, 0.1) is 25.6 Å². The summed E-state index contributed by atoms with van der Waals surface area (Å²) in [5.74, 6) is -0.401. The second-order valence-corrected chi connectivity index (χ2v) is 4.77.